The summed E-state index contributed by atoms with van der Waals surface area (Å²) in [5, 5.41) is 13.8. The predicted molar refractivity (Wildman–Crippen MR) is 274 cm³/mol. The predicted octanol–water partition coefficient (Wildman–Crippen LogP) is 15.3. The number of nitrogens with zero attached hydrogens (tertiary/aromatic N) is 1. The number of quaternary nitrogens is 1. The molecule has 0 fully saturated rings. The molecule has 64 heavy (non-hydrogen) atoms. The summed E-state index contributed by atoms with van der Waals surface area (Å²) in [6.07, 6.45) is 60.4. The lowest BCUT2D eigenvalue weighted by Crippen LogP contribution is -2.45. The maximum atomic E-state index is 12.9. The lowest BCUT2D eigenvalue weighted by Gasteiger charge is -2.29. The lowest BCUT2D eigenvalue weighted by atomic mass is 10.0. The summed E-state index contributed by atoms with van der Waals surface area (Å²) < 4.78 is 23.3. The number of amides is 1. The Morgan fingerprint density at radius 2 is 0.875 bits per heavy atom. The maximum absolute atomic E-state index is 12.9. The molecule has 0 aromatic rings. The van der Waals surface area contributed by atoms with Crippen LogP contribution in [0.2, 0.25) is 0 Å². The third kappa shape index (κ3) is 48.4. The number of likely N-dealkylation sites (N-methyl/N-ethyl adjacent to an activating group) is 1. The van der Waals surface area contributed by atoms with E-state index in [9.17, 15) is 19.4 Å². The fraction of sp³-hybridized carbons (Fsp3) is 0.836. The van der Waals surface area contributed by atoms with Crippen LogP contribution in [0, 0.1) is 0 Å². The summed E-state index contributed by atoms with van der Waals surface area (Å²) >= 11 is 0. The van der Waals surface area contributed by atoms with Gasteiger partial charge in [0.1, 0.15) is 13.2 Å². The van der Waals surface area contributed by atoms with Crippen molar-refractivity contribution >= 4 is 13.7 Å². The third-order valence-electron chi connectivity index (χ3n) is 12.0. The fourth-order valence-corrected chi connectivity index (χ4v) is 8.43. The number of carbonyl (C=O) groups excluding carboxylic acids is 1. The second-order valence-electron chi connectivity index (χ2n) is 19.6. The quantitative estimate of drug-likeness (QED) is 0.0272. The summed E-state index contributed by atoms with van der Waals surface area (Å²) in [5.74, 6) is -0.215. The van der Waals surface area contributed by atoms with Gasteiger partial charge in [-0.3, -0.25) is 9.36 Å². The molecule has 0 aliphatic rings. The van der Waals surface area contributed by atoms with Crippen LogP contribution >= 0.6 is 7.82 Å². The Bertz CT molecular complexity index is 1180. The highest BCUT2D eigenvalue weighted by Gasteiger charge is 2.23. The van der Waals surface area contributed by atoms with Crippen molar-refractivity contribution in [3.05, 3.63) is 48.6 Å². The van der Waals surface area contributed by atoms with Crippen LogP contribution < -0.4 is 10.2 Å². The summed E-state index contributed by atoms with van der Waals surface area (Å²) in [6, 6.07) is -0.913. The summed E-state index contributed by atoms with van der Waals surface area (Å²) in [7, 11) is 1.23. The van der Waals surface area contributed by atoms with Crippen molar-refractivity contribution in [3.63, 3.8) is 0 Å². The third-order valence-corrected chi connectivity index (χ3v) is 13.0. The first-order valence-corrected chi connectivity index (χ1v) is 28.5. The van der Waals surface area contributed by atoms with Gasteiger partial charge in [-0.2, -0.15) is 0 Å². The molecule has 0 saturated carbocycles. The number of phosphoric ester groups is 1. The highest BCUT2D eigenvalue weighted by molar-refractivity contribution is 7.45. The molecule has 0 heterocycles. The van der Waals surface area contributed by atoms with E-state index in [1.165, 1.54) is 180 Å². The highest BCUT2D eigenvalue weighted by atomic mass is 31.2. The number of aliphatic hydroxyl groups is 1. The smallest absolute Gasteiger partial charge is 0.268 e. The van der Waals surface area contributed by atoms with Crippen molar-refractivity contribution < 1.29 is 32.9 Å². The van der Waals surface area contributed by atoms with Crippen LogP contribution in [0.25, 0.3) is 0 Å². The van der Waals surface area contributed by atoms with Crippen LogP contribution in [-0.2, 0) is 18.4 Å². The zero-order chi connectivity index (χ0) is 47.1. The number of hydrogen-bond donors (Lipinski definition) is 2. The van der Waals surface area contributed by atoms with E-state index in [1.54, 1.807) is 6.08 Å². The average Bonchev–Trinajstić information content (AvgIpc) is 3.25. The van der Waals surface area contributed by atoms with Crippen molar-refractivity contribution in [3.8, 4) is 0 Å². The Labute approximate surface area is 397 Å². The molecule has 2 N–H and O–H groups in total. The van der Waals surface area contributed by atoms with Gasteiger partial charge in [0.15, 0.2) is 0 Å². The van der Waals surface area contributed by atoms with E-state index >= 15 is 0 Å². The van der Waals surface area contributed by atoms with E-state index in [0.717, 1.165) is 44.9 Å². The molecule has 1 amide bonds. The lowest BCUT2D eigenvalue weighted by molar-refractivity contribution is -0.870. The average molecular weight is 921 g/mol. The van der Waals surface area contributed by atoms with Gasteiger partial charge in [0.25, 0.3) is 7.82 Å². The zero-order valence-electron chi connectivity index (χ0n) is 42.7. The molecule has 8 nitrogen and oxygen atoms in total. The van der Waals surface area contributed by atoms with Gasteiger partial charge in [-0.25, -0.2) is 0 Å². The number of allylic oxidation sites excluding steroid dienone is 7. The first kappa shape index (κ1) is 62.5. The Morgan fingerprint density at radius 3 is 1.27 bits per heavy atom. The molecule has 376 valence electrons. The largest absolute Gasteiger partial charge is 0.756 e. The highest BCUT2D eigenvalue weighted by Crippen LogP contribution is 2.38. The zero-order valence-corrected chi connectivity index (χ0v) is 43.6. The Balaban J connectivity index is 4.35. The molecular formula is C55H105N2O6P. The molecule has 3 atom stereocenters. The van der Waals surface area contributed by atoms with Gasteiger partial charge in [-0.1, -0.05) is 217 Å². The van der Waals surface area contributed by atoms with Gasteiger partial charge < -0.3 is 28.8 Å². The van der Waals surface area contributed by atoms with Crippen molar-refractivity contribution in [1.82, 2.24) is 5.32 Å². The molecule has 0 aliphatic carbocycles. The molecule has 9 heteroatoms. The minimum atomic E-state index is -4.61. The first-order chi connectivity index (χ1) is 31.0. The van der Waals surface area contributed by atoms with Crippen molar-refractivity contribution in [1.29, 1.82) is 0 Å². The van der Waals surface area contributed by atoms with Gasteiger partial charge in [0.05, 0.1) is 39.9 Å². The number of aliphatic hydroxyl groups excluding tert-OH is 1. The number of unbranched alkanes of at least 4 members (excludes halogenated alkanes) is 30. The number of nitrogens with one attached hydrogen (secondary N) is 1. The second-order valence-corrected chi connectivity index (χ2v) is 21.0. The van der Waals surface area contributed by atoms with Crippen LogP contribution in [0.15, 0.2) is 48.6 Å². The Kier molecular flexibility index (Phi) is 45.4. The summed E-state index contributed by atoms with van der Waals surface area (Å²) in [6.45, 7) is 4.63. The van der Waals surface area contributed by atoms with Gasteiger partial charge in [-0.15, -0.1) is 0 Å². The van der Waals surface area contributed by atoms with Crippen molar-refractivity contribution in [2.75, 3.05) is 40.9 Å². The molecular weight excluding hydrogens is 816 g/mol. The summed E-state index contributed by atoms with van der Waals surface area (Å²) in [5.41, 5.74) is 0. The van der Waals surface area contributed by atoms with E-state index in [4.69, 9.17) is 9.05 Å². The standard InChI is InChI=1S/C55H105N2O6P/c1-6-8-10-12-14-16-18-20-22-24-26-27-28-29-30-31-32-34-36-38-40-42-44-46-48-54(58)53(52-63-64(60,61)62-51-50-57(3,4)5)56-55(59)49-47-45-43-41-39-37-35-33-25-23-21-19-17-15-13-11-9-7-2/h23,25,31-32,38,40,46,48,53-54,58H,6-22,24,26-30,33-37,39,41-45,47,49-52H2,1-5H3,(H-,56,59,60,61)/b25-23-,32-31+,40-38+,48-46+. The molecule has 0 aliphatic heterocycles. The van der Waals surface area contributed by atoms with Gasteiger partial charge >= 0.3 is 0 Å². The molecule has 0 radical (unpaired) electrons. The van der Waals surface area contributed by atoms with Crippen LogP contribution in [-0.4, -0.2) is 68.5 Å². The minimum absolute atomic E-state index is 0.0104. The number of carbonyl (C=O) groups is 1. The number of rotatable bonds is 49. The van der Waals surface area contributed by atoms with Gasteiger partial charge in [0.2, 0.25) is 5.91 Å². The molecule has 0 aromatic heterocycles. The van der Waals surface area contributed by atoms with Crippen LogP contribution in [0.1, 0.15) is 245 Å². The Hall–Kier alpha value is -1.54. The van der Waals surface area contributed by atoms with E-state index in [-0.39, 0.29) is 12.5 Å². The fourth-order valence-electron chi connectivity index (χ4n) is 7.71. The summed E-state index contributed by atoms with van der Waals surface area (Å²) in [4.78, 5) is 25.4. The molecule has 0 rings (SSSR count). The molecule has 3 unspecified atom stereocenters. The van der Waals surface area contributed by atoms with Crippen LogP contribution in [0.5, 0.6) is 0 Å². The normalized spacial score (nSPS) is 14.4. The molecule has 0 bridgehead atoms. The van der Waals surface area contributed by atoms with E-state index in [2.05, 4.69) is 55.6 Å². The Morgan fingerprint density at radius 1 is 0.531 bits per heavy atom. The number of hydrogen-bond acceptors (Lipinski definition) is 6. The monoisotopic (exact) mass is 921 g/mol. The van der Waals surface area contributed by atoms with E-state index < -0.39 is 26.6 Å². The van der Waals surface area contributed by atoms with Crippen LogP contribution in [0.3, 0.4) is 0 Å². The topological polar surface area (TPSA) is 108 Å². The van der Waals surface area contributed by atoms with Crippen molar-refractivity contribution in [2.24, 2.45) is 0 Å². The SMILES string of the molecule is CCCCCCCCC/C=C\CCCCCCCCCC(=O)NC(COP(=O)([O-])OCC[N+](C)(C)C)C(O)/C=C/CC/C=C/CC/C=C/CCCCCCCCCCCCCCCC. The molecule has 0 aromatic carbocycles. The van der Waals surface area contributed by atoms with Gasteiger partial charge in [0, 0.05) is 6.42 Å². The number of phosphoric acid groups is 1. The van der Waals surface area contributed by atoms with Crippen molar-refractivity contribution in [2.45, 2.75) is 257 Å². The van der Waals surface area contributed by atoms with E-state index in [1.807, 2.05) is 27.2 Å². The minimum Gasteiger partial charge on any atom is -0.756 e. The van der Waals surface area contributed by atoms with E-state index in [0.29, 0.717) is 17.4 Å². The van der Waals surface area contributed by atoms with Gasteiger partial charge in [-0.05, 0) is 70.6 Å². The maximum Gasteiger partial charge on any atom is 0.268 e. The molecule has 0 spiro atoms. The second kappa shape index (κ2) is 46.6. The first-order valence-electron chi connectivity index (χ1n) is 27.0. The molecule has 0 saturated heterocycles. The van der Waals surface area contributed by atoms with Crippen LogP contribution in [0.4, 0.5) is 0 Å².